The van der Waals surface area contributed by atoms with E-state index >= 15 is 0 Å². The average Bonchev–Trinajstić information content (AvgIpc) is 3.11. The second-order valence-corrected chi connectivity index (χ2v) is 8.69. The van der Waals surface area contributed by atoms with Crippen molar-refractivity contribution in [2.45, 2.75) is 38.3 Å². The first kappa shape index (κ1) is 24.7. The van der Waals surface area contributed by atoms with Crippen molar-refractivity contribution in [1.29, 1.82) is 0 Å². The standard InChI is InChI=1S/C24H27N3O7/c1-24(2,3)34-13-19(25-21(29)22(30)31)20(28)26-27-23(32)33-12-18-16-10-6-4-8-14(16)15-9-5-7-11-17(15)18/h4-11,18-19H,12-13H2,1-3H3,(H,25,29)(H,26,28)(H,27,32)(H,30,31)/t19-/m1/s1. The van der Waals surface area contributed by atoms with Crippen molar-refractivity contribution < 1.29 is 33.8 Å². The van der Waals surface area contributed by atoms with Crippen molar-refractivity contribution in [3.05, 3.63) is 59.7 Å². The zero-order valence-corrected chi connectivity index (χ0v) is 19.1. The summed E-state index contributed by atoms with van der Waals surface area (Å²) in [6, 6.07) is 14.4. The third-order valence-electron chi connectivity index (χ3n) is 5.13. The Labute approximate surface area is 196 Å². The van der Waals surface area contributed by atoms with Gasteiger partial charge >= 0.3 is 18.0 Å². The minimum atomic E-state index is -1.75. The van der Waals surface area contributed by atoms with Crippen LogP contribution in [0.2, 0.25) is 0 Å². The van der Waals surface area contributed by atoms with E-state index in [1.165, 1.54) is 0 Å². The number of carboxylic acid groups (broad SMARTS) is 1. The van der Waals surface area contributed by atoms with Gasteiger partial charge in [0, 0.05) is 5.92 Å². The Morgan fingerprint density at radius 1 is 0.941 bits per heavy atom. The number of carbonyl (C=O) groups excluding carboxylic acids is 3. The normalized spacial score (nSPS) is 13.3. The maximum atomic E-state index is 12.4. The highest BCUT2D eigenvalue weighted by molar-refractivity contribution is 6.32. The molecule has 1 aliphatic rings. The number of aliphatic carboxylic acids is 1. The fourth-order valence-electron chi connectivity index (χ4n) is 3.57. The molecule has 4 N–H and O–H groups in total. The number of hydrogen-bond acceptors (Lipinski definition) is 6. The number of fused-ring (bicyclic) bond motifs is 3. The fourth-order valence-corrected chi connectivity index (χ4v) is 3.57. The van der Waals surface area contributed by atoms with E-state index < -0.39 is 35.5 Å². The summed E-state index contributed by atoms with van der Waals surface area (Å²) in [7, 11) is 0. The molecule has 0 saturated carbocycles. The number of carbonyl (C=O) groups is 4. The molecular formula is C24H27N3O7. The minimum Gasteiger partial charge on any atom is -0.474 e. The van der Waals surface area contributed by atoms with E-state index in [1.54, 1.807) is 20.8 Å². The van der Waals surface area contributed by atoms with Gasteiger partial charge in [0.05, 0.1) is 12.2 Å². The summed E-state index contributed by atoms with van der Waals surface area (Å²) in [6.07, 6.45) is -0.907. The highest BCUT2D eigenvalue weighted by Gasteiger charge is 2.30. The zero-order chi connectivity index (χ0) is 24.9. The van der Waals surface area contributed by atoms with Crippen molar-refractivity contribution in [3.63, 3.8) is 0 Å². The number of benzene rings is 2. The number of rotatable bonds is 6. The predicted octanol–water partition coefficient (Wildman–Crippen LogP) is 1.94. The second kappa shape index (κ2) is 10.3. The Kier molecular flexibility index (Phi) is 7.52. The lowest BCUT2D eigenvalue weighted by Gasteiger charge is -2.24. The number of amides is 3. The molecule has 0 aliphatic heterocycles. The molecule has 0 fully saturated rings. The third-order valence-corrected chi connectivity index (χ3v) is 5.13. The largest absolute Gasteiger partial charge is 0.474 e. The molecule has 180 valence electrons. The van der Waals surface area contributed by atoms with Crippen LogP contribution in [0.3, 0.4) is 0 Å². The maximum absolute atomic E-state index is 12.4. The molecule has 1 aliphatic carbocycles. The van der Waals surface area contributed by atoms with Crippen LogP contribution in [-0.2, 0) is 23.9 Å². The molecule has 2 aromatic carbocycles. The molecule has 3 amide bonds. The first-order chi connectivity index (χ1) is 16.1. The van der Waals surface area contributed by atoms with Gasteiger partial charge in [-0.25, -0.2) is 15.0 Å². The van der Waals surface area contributed by atoms with Crippen LogP contribution in [0, 0.1) is 0 Å². The molecule has 0 bridgehead atoms. The number of nitrogens with one attached hydrogen (secondary N) is 3. The Bertz CT molecular complexity index is 1050. The quantitative estimate of drug-likeness (QED) is 0.374. The number of ether oxygens (including phenoxy) is 2. The second-order valence-electron chi connectivity index (χ2n) is 8.69. The van der Waals surface area contributed by atoms with Crippen molar-refractivity contribution in [2.75, 3.05) is 13.2 Å². The molecule has 2 aromatic rings. The van der Waals surface area contributed by atoms with Crippen molar-refractivity contribution >= 4 is 23.9 Å². The van der Waals surface area contributed by atoms with E-state index in [-0.39, 0.29) is 19.1 Å². The molecular weight excluding hydrogens is 442 g/mol. The van der Waals surface area contributed by atoms with Gasteiger partial charge in [0.15, 0.2) is 0 Å². The van der Waals surface area contributed by atoms with E-state index in [1.807, 2.05) is 53.8 Å². The molecule has 1 atom stereocenters. The third kappa shape index (κ3) is 6.10. The van der Waals surface area contributed by atoms with Crippen LogP contribution in [0.15, 0.2) is 48.5 Å². The van der Waals surface area contributed by atoms with E-state index in [0.717, 1.165) is 22.3 Å². The van der Waals surface area contributed by atoms with Gasteiger partial charge in [-0.3, -0.25) is 15.0 Å². The van der Waals surface area contributed by atoms with E-state index in [2.05, 4.69) is 10.9 Å². The van der Waals surface area contributed by atoms with Gasteiger partial charge in [-0.2, -0.15) is 0 Å². The highest BCUT2D eigenvalue weighted by Crippen LogP contribution is 2.44. The summed E-state index contributed by atoms with van der Waals surface area (Å²) in [4.78, 5) is 47.0. The molecule has 0 spiro atoms. The molecule has 0 heterocycles. The van der Waals surface area contributed by atoms with E-state index in [0.29, 0.717) is 0 Å². The molecule has 10 nitrogen and oxygen atoms in total. The summed E-state index contributed by atoms with van der Waals surface area (Å²) in [5.41, 5.74) is 7.84. The molecule has 0 aromatic heterocycles. The minimum absolute atomic E-state index is 0.0437. The highest BCUT2D eigenvalue weighted by atomic mass is 16.6. The number of hydrazine groups is 1. The average molecular weight is 469 g/mol. The van der Waals surface area contributed by atoms with Crippen LogP contribution in [0.5, 0.6) is 0 Å². The molecule has 34 heavy (non-hydrogen) atoms. The first-order valence-electron chi connectivity index (χ1n) is 10.7. The van der Waals surface area contributed by atoms with Gasteiger partial charge in [-0.1, -0.05) is 48.5 Å². The molecule has 3 rings (SSSR count). The Hall–Kier alpha value is -3.92. The summed E-state index contributed by atoms with van der Waals surface area (Å²) in [6.45, 7) is 4.94. The van der Waals surface area contributed by atoms with Crippen LogP contribution in [0.25, 0.3) is 11.1 Å². The van der Waals surface area contributed by atoms with Crippen molar-refractivity contribution in [2.24, 2.45) is 0 Å². The topological polar surface area (TPSA) is 143 Å². The Morgan fingerprint density at radius 2 is 1.50 bits per heavy atom. The predicted molar refractivity (Wildman–Crippen MR) is 122 cm³/mol. The lowest BCUT2D eigenvalue weighted by Crippen LogP contribution is -2.55. The van der Waals surface area contributed by atoms with Crippen LogP contribution in [0.1, 0.15) is 37.8 Å². The van der Waals surface area contributed by atoms with Crippen LogP contribution < -0.4 is 16.2 Å². The smallest absolute Gasteiger partial charge is 0.426 e. The van der Waals surface area contributed by atoms with Gasteiger partial charge < -0.3 is 19.9 Å². The molecule has 0 unspecified atom stereocenters. The lowest BCUT2D eigenvalue weighted by molar-refractivity contribution is -0.151. The van der Waals surface area contributed by atoms with Crippen LogP contribution >= 0.6 is 0 Å². The first-order valence-corrected chi connectivity index (χ1v) is 10.7. The van der Waals surface area contributed by atoms with Crippen molar-refractivity contribution in [3.8, 4) is 11.1 Å². The molecule has 0 saturated heterocycles. The van der Waals surface area contributed by atoms with E-state index in [9.17, 15) is 19.2 Å². The van der Waals surface area contributed by atoms with Crippen LogP contribution in [-0.4, -0.2) is 53.8 Å². The van der Waals surface area contributed by atoms with Crippen molar-refractivity contribution in [1.82, 2.24) is 16.2 Å². The van der Waals surface area contributed by atoms with Gasteiger partial charge in [-0.05, 0) is 43.0 Å². The molecule has 0 radical (unpaired) electrons. The summed E-state index contributed by atoms with van der Waals surface area (Å²) in [5, 5.41) is 10.8. The van der Waals surface area contributed by atoms with Gasteiger partial charge in [-0.15, -0.1) is 0 Å². The SMILES string of the molecule is CC(C)(C)OC[C@@H](NC(=O)C(=O)O)C(=O)NNC(=O)OCC1c2ccccc2-c2ccccc21. The summed E-state index contributed by atoms with van der Waals surface area (Å²) < 4.78 is 10.8. The van der Waals surface area contributed by atoms with Gasteiger partial charge in [0.1, 0.15) is 12.6 Å². The van der Waals surface area contributed by atoms with Gasteiger partial charge in [0.2, 0.25) is 0 Å². The summed E-state index contributed by atoms with van der Waals surface area (Å²) >= 11 is 0. The monoisotopic (exact) mass is 469 g/mol. The fraction of sp³-hybridized carbons (Fsp3) is 0.333. The van der Waals surface area contributed by atoms with E-state index in [4.69, 9.17) is 14.6 Å². The Balaban J connectivity index is 1.57. The lowest BCUT2D eigenvalue weighted by atomic mass is 9.98. The molecule has 10 heteroatoms. The number of hydrogen-bond donors (Lipinski definition) is 4. The maximum Gasteiger partial charge on any atom is 0.426 e. The number of carboxylic acids is 1. The van der Waals surface area contributed by atoms with Gasteiger partial charge in [0.25, 0.3) is 5.91 Å². The summed E-state index contributed by atoms with van der Waals surface area (Å²) in [5.74, 6) is -4.15. The van der Waals surface area contributed by atoms with Crippen LogP contribution in [0.4, 0.5) is 4.79 Å². The zero-order valence-electron chi connectivity index (χ0n) is 19.1. The Morgan fingerprint density at radius 3 is 2.03 bits per heavy atom.